The van der Waals surface area contributed by atoms with E-state index in [1.807, 2.05) is 0 Å². The molecule has 0 saturated carbocycles. The Kier molecular flexibility index (Phi) is 6.68. The van der Waals surface area contributed by atoms with E-state index in [1.165, 1.54) is 16.0 Å². The second-order valence-corrected chi connectivity index (χ2v) is 7.75. The first-order chi connectivity index (χ1) is 13.8. The zero-order valence-electron chi connectivity index (χ0n) is 16.3. The van der Waals surface area contributed by atoms with Crippen molar-refractivity contribution in [1.29, 1.82) is 0 Å². The molecule has 2 aliphatic heterocycles. The highest BCUT2D eigenvalue weighted by Crippen LogP contribution is 2.20. The maximum atomic E-state index is 12.5. The number of amides is 5. The third-order valence-electron chi connectivity index (χ3n) is 5.13. The lowest BCUT2D eigenvalue weighted by Gasteiger charge is -2.32. The number of urea groups is 1. The quantitative estimate of drug-likeness (QED) is 0.702. The molecule has 0 aliphatic carbocycles. The van der Waals surface area contributed by atoms with Crippen LogP contribution in [0, 0.1) is 5.92 Å². The van der Waals surface area contributed by atoms with Gasteiger partial charge in [-0.15, -0.1) is 0 Å². The van der Waals surface area contributed by atoms with E-state index < -0.39 is 0 Å². The van der Waals surface area contributed by atoms with Gasteiger partial charge in [0.15, 0.2) is 0 Å². The van der Waals surface area contributed by atoms with Gasteiger partial charge in [0.1, 0.15) is 12.4 Å². The zero-order valence-corrected chi connectivity index (χ0v) is 17.0. The lowest BCUT2D eigenvalue weighted by Crippen LogP contribution is -2.44. The SMILES string of the molecule is CN1CC(=O)N(CCCC(=O)N2CCCC(C(=O)Nc3ccc(Cl)cn3)C2)C1=O. The van der Waals surface area contributed by atoms with Crippen molar-refractivity contribution in [2.45, 2.75) is 25.7 Å². The van der Waals surface area contributed by atoms with E-state index in [9.17, 15) is 19.2 Å². The monoisotopic (exact) mass is 421 g/mol. The van der Waals surface area contributed by atoms with Crippen molar-refractivity contribution in [3.63, 3.8) is 0 Å². The highest BCUT2D eigenvalue weighted by Gasteiger charge is 2.33. The number of carbonyl (C=O) groups is 4. The van der Waals surface area contributed by atoms with Crippen molar-refractivity contribution in [3.05, 3.63) is 23.4 Å². The van der Waals surface area contributed by atoms with E-state index in [2.05, 4.69) is 10.3 Å². The Morgan fingerprint density at radius 1 is 1.31 bits per heavy atom. The summed E-state index contributed by atoms with van der Waals surface area (Å²) < 4.78 is 0. The van der Waals surface area contributed by atoms with E-state index in [0.29, 0.717) is 36.8 Å². The fourth-order valence-corrected chi connectivity index (χ4v) is 3.64. The summed E-state index contributed by atoms with van der Waals surface area (Å²) >= 11 is 5.80. The average Bonchev–Trinajstić information content (AvgIpc) is 2.95. The van der Waals surface area contributed by atoms with Crippen molar-refractivity contribution < 1.29 is 19.2 Å². The molecule has 3 heterocycles. The second kappa shape index (κ2) is 9.21. The first kappa shape index (κ1) is 21.0. The van der Waals surface area contributed by atoms with E-state index in [-0.39, 0.29) is 49.2 Å². The summed E-state index contributed by atoms with van der Waals surface area (Å²) in [6, 6.07) is 2.95. The summed E-state index contributed by atoms with van der Waals surface area (Å²) in [5, 5.41) is 3.25. The molecular formula is C19H24ClN5O4. The first-order valence-electron chi connectivity index (χ1n) is 9.61. The number of carbonyl (C=O) groups excluding carboxylic acids is 4. The van der Waals surface area contributed by atoms with Crippen molar-refractivity contribution in [2.24, 2.45) is 5.92 Å². The molecule has 2 saturated heterocycles. The second-order valence-electron chi connectivity index (χ2n) is 7.32. The Hall–Kier alpha value is -2.68. The molecule has 3 rings (SSSR count). The van der Waals surface area contributed by atoms with Crippen LogP contribution in [0.25, 0.3) is 0 Å². The third-order valence-corrected chi connectivity index (χ3v) is 5.35. The topological polar surface area (TPSA) is 103 Å². The van der Waals surface area contributed by atoms with Crippen LogP contribution in [0.1, 0.15) is 25.7 Å². The molecule has 10 heteroatoms. The van der Waals surface area contributed by atoms with E-state index in [0.717, 1.165) is 6.42 Å². The molecule has 29 heavy (non-hydrogen) atoms. The number of aromatic nitrogens is 1. The molecular weight excluding hydrogens is 398 g/mol. The minimum atomic E-state index is -0.326. The first-order valence-corrected chi connectivity index (χ1v) is 9.98. The molecule has 0 radical (unpaired) electrons. The summed E-state index contributed by atoms with van der Waals surface area (Å²) in [5.74, 6) is -0.364. The van der Waals surface area contributed by atoms with Gasteiger partial charge in [0.2, 0.25) is 17.7 Å². The molecule has 1 N–H and O–H groups in total. The molecule has 0 spiro atoms. The number of hydrogen-bond donors (Lipinski definition) is 1. The number of nitrogens with zero attached hydrogens (tertiary/aromatic N) is 4. The van der Waals surface area contributed by atoms with Gasteiger partial charge >= 0.3 is 6.03 Å². The summed E-state index contributed by atoms with van der Waals surface area (Å²) in [5.41, 5.74) is 0. The van der Waals surface area contributed by atoms with Crippen LogP contribution in [-0.4, -0.2) is 76.7 Å². The van der Waals surface area contributed by atoms with Gasteiger partial charge < -0.3 is 15.1 Å². The van der Waals surface area contributed by atoms with E-state index >= 15 is 0 Å². The van der Waals surface area contributed by atoms with Crippen molar-refractivity contribution >= 4 is 41.2 Å². The summed E-state index contributed by atoms with van der Waals surface area (Å²) in [4.78, 5) is 56.9. The third kappa shape index (κ3) is 5.23. The van der Waals surface area contributed by atoms with Crippen LogP contribution in [0.5, 0.6) is 0 Å². The molecule has 1 atom stereocenters. The van der Waals surface area contributed by atoms with Gasteiger partial charge in [0.25, 0.3) is 0 Å². The standard InChI is InChI=1S/C19H24ClN5O4/c1-23-12-17(27)25(19(23)29)9-3-5-16(26)24-8-2-4-13(11-24)18(28)22-15-7-6-14(20)10-21-15/h6-7,10,13H,2-5,8-9,11-12H2,1H3,(H,21,22,28). The van der Waals surface area contributed by atoms with Crippen LogP contribution in [0.2, 0.25) is 5.02 Å². The lowest BCUT2D eigenvalue weighted by molar-refractivity contribution is -0.135. The van der Waals surface area contributed by atoms with E-state index in [1.54, 1.807) is 24.1 Å². The van der Waals surface area contributed by atoms with Gasteiger partial charge in [-0.2, -0.15) is 0 Å². The van der Waals surface area contributed by atoms with Gasteiger partial charge in [0, 0.05) is 39.3 Å². The number of piperidine rings is 1. The summed E-state index contributed by atoms with van der Waals surface area (Å²) in [7, 11) is 1.57. The Morgan fingerprint density at radius 3 is 2.76 bits per heavy atom. The fourth-order valence-electron chi connectivity index (χ4n) is 3.53. The minimum absolute atomic E-state index is 0.0698. The number of likely N-dealkylation sites (N-methyl/N-ethyl adjacent to an activating group) is 1. The molecule has 9 nitrogen and oxygen atoms in total. The molecule has 5 amide bonds. The smallest absolute Gasteiger partial charge is 0.326 e. The van der Waals surface area contributed by atoms with Gasteiger partial charge in [-0.1, -0.05) is 11.6 Å². The number of pyridine rings is 1. The number of rotatable bonds is 6. The molecule has 1 aromatic rings. The maximum absolute atomic E-state index is 12.5. The average molecular weight is 422 g/mol. The molecule has 156 valence electrons. The number of nitrogens with one attached hydrogen (secondary N) is 1. The molecule has 0 bridgehead atoms. The Bertz CT molecular complexity index is 800. The highest BCUT2D eigenvalue weighted by atomic mass is 35.5. The van der Waals surface area contributed by atoms with Crippen molar-refractivity contribution in [3.8, 4) is 0 Å². The molecule has 1 aromatic heterocycles. The van der Waals surface area contributed by atoms with Gasteiger partial charge in [-0.05, 0) is 31.4 Å². The number of likely N-dealkylation sites (tertiary alicyclic amines) is 1. The zero-order chi connectivity index (χ0) is 21.0. The normalized spacial score (nSPS) is 19.7. The molecule has 2 fully saturated rings. The Labute approximate surface area is 174 Å². The van der Waals surface area contributed by atoms with Gasteiger partial charge in [-0.3, -0.25) is 19.3 Å². The van der Waals surface area contributed by atoms with Crippen LogP contribution in [0.3, 0.4) is 0 Å². The molecule has 2 aliphatic rings. The predicted molar refractivity (Wildman–Crippen MR) is 106 cm³/mol. The Morgan fingerprint density at radius 2 is 2.10 bits per heavy atom. The largest absolute Gasteiger partial charge is 0.342 e. The van der Waals surface area contributed by atoms with Gasteiger partial charge in [-0.25, -0.2) is 9.78 Å². The van der Waals surface area contributed by atoms with Crippen LogP contribution in [0.15, 0.2) is 18.3 Å². The molecule has 1 unspecified atom stereocenters. The van der Waals surface area contributed by atoms with Crippen LogP contribution >= 0.6 is 11.6 Å². The predicted octanol–water partition coefficient (Wildman–Crippen LogP) is 1.59. The number of imide groups is 1. The fraction of sp³-hybridized carbons (Fsp3) is 0.526. The van der Waals surface area contributed by atoms with E-state index in [4.69, 9.17) is 11.6 Å². The minimum Gasteiger partial charge on any atom is -0.342 e. The summed E-state index contributed by atoms with van der Waals surface area (Å²) in [6.45, 7) is 1.26. The van der Waals surface area contributed by atoms with Crippen LogP contribution < -0.4 is 5.32 Å². The highest BCUT2D eigenvalue weighted by molar-refractivity contribution is 6.30. The van der Waals surface area contributed by atoms with Crippen LogP contribution in [0.4, 0.5) is 10.6 Å². The van der Waals surface area contributed by atoms with Crippen molar-refractivity contribution in [1.82, 2.24) is 19.7 Å². The van der Waals surface area contributed by atoms with Crippen LogP contribution in [-0.2, 0) is 14.4 Å². The lowest BCUT2D eigenvalue weighted by atomic mass is 9.96. The number of anilines is 1. The maximum Gasteiger partial charge on any atom is 0.326 e. The number of hydrogen-bond acceptors (Lipinski definition) is 5. The number of halogens is 1. The van der Waals surface area contributed by atoms with Gasteiger partial charge in [0.05, 0.1) is 10.9 Å². The molecule has 0 aromatic carbocycles. The Balaban J connectivity index is 1.46. The van der Waals surface area contributed by atoms with Crippen molar-refractivity contribution in [2.75, 3.05) is 38.5 Å². The summed E-state index contributed by atoms with van der Waals surface area (Å²) in [6.07, 6.45) is 3.54.